The number of rotatable bonds is 8. The van der Waals surface area contributed by atoms with E-state index in [1.54, 1.807) is 23.5 Å². The molecule has 0 aromatic heterocycles. The average Bonchev–Trinajstić information content (AvgIpc) is 3.10. The Bertz CT molecular complexity index is 791. The molecule has 1 aliphatic heterocycles. The second-order valence-corrected chi connectivity index (χ2v) is 14.1. The van der Waals surface area contributed by atoms with Gasteiger partial charge in [-0.05, 0) is 45.1 Å². The Hall–Kier alpha value is -0.360. The second kappa shape index (κ2) is 9.42. The minimum absolute atomic E-state index is 0.209. The van der Waals surface area contributed by atoms with Crippen LogP contribution in [0.25, 0.3) is 0 Å². The van der Waals surface area contributed by atoms with Crippen molar-refractivity contribution in [3.8, 4) is 0 Å². The van der Waals surface area contributed by atoms with Gasteiger partial charge in [-0.15, -0.1) is 35.3 Å². The van der Waals surface area contributed by atoms with Crippen molar-refractivity contribution in [2.45, 2.75) is 48.5 Å². The smallest absolute Gasteiger partial charge is 0.304 e. The molecule has 0 saturated carbocycles. The minimum Gasteiger partial charge on any atom is -0.304 e. The van der Waals surface area contributed by atoms with Gasteiger partial charge in [0.15, 0.2) is 3.82 Å². The second-order valence-electron chi connectivity index (χ2n) is 7.41. The van der Waals surface area contributed by atoms with Gasteiger partial charge in [0.1, 0.15) is 4.75 Å². The molecule has 0 amide bonds. The van der Waals surface area contributed by atoms with Crippen molar-refractivity contribution in [3.05, 3.63) is 71.8 Å². The van der Waals surface area contributed by atoms with Crippen LogP contribution in [0, 0.1) is 0 Å². The molecule has 0 N–H and O–H groups in total. The van der Waals surface area contributed by atoms with Gasteiger partial charge in [0.05, 0.1) is 12.2 Å². The van der Waals surface area contributed by atoms with Crippen LogP contribution in [0.2, 0.25) is 0 Å². The Kier molecular flexibility index (Phi) is 7.57. The number of benzene rings is 2. The van der Waals surface area contributed by atoms with Gasteiger partial charge in [-0.3, -0.25) is 4.57 Å². The third-order valence-electron chi connectivity index (χ3n) is 4.67. The Morgan fingerprint density at radius 3 is 1.69 bits per heavy atom. The molecule has 3 rings (SSSR count). The van der Waals surface area contributed by atoms with Gasteiger partial charge in [0.25, 0.3) is 0 Å². The lowest BCUT2D eigenvalue weighted by molar-refractivity contribution is 0.138. The molecule has 7 heteroatoms. The Morgan fingerprint density at radius 1 is 0.862 bits per heavy atom. The van der Waals surface area contributed by atoms with Gasteiger partial charge < -0.3 is 9.05 Å². The SMILES string of the molecule is CSC1(P(=O)(OC(C)C)OC(C)C)SCSC1(c1ccccc1)c1ccccc1. The quantitative estimate of drug-likeness (QED) is 0.375. The van der Waals surface area contributed by atoms with E-state index in [4.69, 9.17) is 9.05 Å². The van der Waals surface area contributed by atoms with Gasteiger partial charge in [-0.25, -0.2) is 0 Å². The highest BCUT2D eigenvalue weighted by atomic mass is 32.2. The van der Waals surface area contributed by atoms with E-state index in [0.29, 0.717) is 0 Å². The molecule has 1 heterocycles. The Morgan fingerprint density at radius 2 is 1.31 bits per heavy atom. The molecule has 0 aliphatic carbocycles. The predicted octanol–water partition coefficient (Wildman–Crippen LogP) is 7.43. The van der Waals surface area contributed by atoms with E-state index in [1.165, 1.54) is 0 Å². The summed E-state index contributed by atoms with van der Waals surface area (Å²) in [7, 11) is -3.56. The van der Waals surface area contributed by atoms with E-state index in [0.717, 1.165) is 16.2 Å². The van der Waals surface area contributed by atoms with Crippen LogP contribution >= 0.6 is 42.9 Å². The molecule has 2 aromatic carbocycles. The summed E-state index contributed by atoms with van der Waals surface area (Å²) in [6.45, 7) is 7.68. The fourth-order valence-electron chi connectivity index (χ4n) is 3.74. The first-order valence-corrected chi connectivity index (χ1v) is 14.5. The Labute approximate surface area is 187 Å². The first-order chi connectivity index (χ1) is 13.8. The summed E-state index contributed by atoms with van der Waals surface area (Å²) < 4.78 is 25.7. The van der Waals surface area contributed by atoms with E-state index in [9.17, 15) is 4.57 Å². The first kappa shape index (κ1) is 23.3. The third-order valence-corrected chi connectivity index (χ3v) is 14.4. The van der Waals surface area contributed by atoms with Crippen molar-refractivity contribution in [1.29, 1.82) is 0 Å². The van der Waals surface area contributed by atoms with E-state index in [2.05, 4.69) is 24.3 Å². The molecule has 1 unspecified atom stereocenters. The Balaban J connectivity index is 2.33. The zero-order valence-corrected chi connectivity index (χ0v) is 20.9. The van der Waals surface area contributed by atoms with Crippen molar-refractivity contribution in [3.63, 3.8) is 0 Å². The highest BCUT2D eigenvalue weighted by molar-refractivity contribution is 8.33. The van der Waals surface area contributed by atoms with Crippen molar-refractivity contribution < 1.29 is 13.6 Å². The highest BCUT2D eigenvalue weighted by Gasteiger charge is 2.69. The molecule has 158 valence electrons. The maximum absolute atomic E-state index is 14.7. The van der Waals surface area contributed by atoms with Crippen molar-refractivity contribution in [2.24, 2.45) is 0 Å². The third kappa shape index (κ3) is 4.09. The molecule has 1 fully saturated rings. The van der Waals surface area contributed by atoms with E-state index in [-0.39, 0.29) is 12.2 Å². The van der Waals surface area contributed by atoms with Gasteiger partial charge in [-0.2, -0.15) is 0 Å². The molecule has 1 aliphatic rings. The maximum atomic E-state index is 14.7. The van der Waals surface area contributed by atoms with E-state index in [1.807, 2.05) is 82.1 Å². The van der Waals surface area contributed by atoms with Crippen LogP contribution in [0.1, 0.15) is 38.8 Å². The molecule has 29 heavy (non-hydrogen) atoms. The lowest BCUT2D eigenvalue weighted by Crippen LogP contribution is -2.43. The minimum atomic E-state index is -3.56. The predicted molar refractivity (Wildman–Crippen MR) is 130 cm³/mol. The normalized spacial score (nSPS) is 21.8. The van der Waals surface area contributed by atoms with Crippen LogP contribution in [-0.2, 0) is 18.4 Å². The van der Waals surface area contributed by atoms with Gasteiger partial charge in [0.2, 0.25) is 0 Å². The van der Waals surface area contributed by atoms with Gasteiger partial charge >= 0.3 is 7.60 Å². The maximum Gasteiger partial charge on any atom is 0.359 e. The largest absolute Gasteiger partial charge is 0.359 e. The van der Waals surface area contributed by atoms with Crippen molar-refractivity contribution in [1.82, 2.24) is 0 Å². The molecular formula is C22H29O3PS3. The number of hydrogen-bond donors (Lipinski definition) is 0. The molecule has 0 bridgehead atoms. The molecule has 1 saturated heterocycles. The fraction of sp³-hybridized carbons (Fsp3) is 0.455. The monoisotopic (exact) mass is 468 g/mol. The molecule has 0 spiro atoms. The molecule has 1 atom stereocenters. The van der Waals surface area contributed by atoms with Crippen LogP contribution in [0.3, 0.4) is 0 Å². The summed E-state index contributed by atoms with van der Waals surface area (Å²) in [5, 5.41) is 0.803. The average molecular weight is 469 g/mol. The highest BCUT2D eigenvalue weighted by Crippen LogP contribution is 2.82. The van der Waals surface area contributed by atoms with E-state index >= 15 is 0 Å². The molecule has 0 radical (unpaired) electrons. The summed E-state index contributed by atoms with van der Waals surface area (Å²) in [4.78, 5) is 0. The summed E-state index contributed by atoms with van der Waals surface area (Å²) in [6.07, 6.45) is 1.61. The standard InChI is InChI=1S/C22H29O3PS3/c1-17(2)24-26(23,25-18(3)4)22(27-5)21(28-16-29-22,19-12-8-6-9-13-19)20-14-10-7-11-15-20/h6-15,17-18H,16H2,1-5H3. The molecule has 2 aromatic rings. The van der Waals surface area contributed by atoms with Crippen LogP contribution in [0.4, 0.5) is 0 Å². The zero-order valence-electron chi connectivity index (χ0n) is 17.5. The fourth-order valence-corrected chi connectivity index (χ4v) is 13.9. The van der Waals surface area contributed by atoms with Gasteiger partial charge in [-0.1, -0.05) is 60.7 Å². The number of hydrogen-bond acceptors (Lipinski definition) is 6. The van der Waals surface area contributed by atoms with Crippen LogP contribution in [0.5, 0.6) is 0 Å². The topological polar surface area (TPSA) is 35.5 Å². The lowest BCUT2D eigenvalue weighted by atomic mass is 9.91. The van der Waals surface area contributed by atoms with Gasteiger partial charge in [0, 0.05) is 5.08 Å². The van der Waals surface area contributed by atoms with Crippen LogP contribution in [0.15, 0.2) is 60.7 Å². The summed E-state index contributed by atoms with van der Waals surface area (Å²) in [5.41, 5.74) is 2.24. The van der Waals surface area contributed by atoms with Crippen molar-refractivity contribution in [2.75, 3.05) is 11.3 Å². The van der Waals surface area contributed by atoms with Crippen molar-refractivity contribution >= 4 is 42.9 Å². The first-order valence-electron chi connectivity index (χ1n) is 9.72. The molecular weight excluding hydrogens is 439 g/mol. The summed E-state index contributed by atoms with van der Waals surface area (Å²) in [6, 6.07) is 20.8. The lowest BCUT2D eigenvalue weighted by Gasteiger charge is -2.47. The summed E-state index contributed by atoms with van der Waals surface area (Å²) in [5.74, 6) is 0. The summed E-state index contributed by atoms with van der Waals surface area (Å²) >= 11 is 5.11. The zero-order chi connectivity index (χ0) is 21.1. The van der Waals surface area contributed by atoms with E-state index < -0.39 is 16.2 Å². The van der Waals surface area contributed by atoms with Crippen LogP contribution < -0.4 is 0 Å². The molecule has 3 nitrogen and oxygen atoms in total. The number of thioether (sulfide) groups is 3. The van der Waals surface area contributed by atoms with Crippen LogP contribution in [-0.4, -0.2) is 27.4 Å².